The molecule has 0 amide bonds. The van der Waals surface area contributed by atoms with Crippen LogP contribution in [0.15, 0.2) is 12.4 Å². The lowest BCUT2D eigenvalue weighted by atomic mass is 10.2. The highest BCUT2D eigenvalue weighted by atomic mass is 16.5. The van der Waals surface area contributed by atoms with Crippen LogP contribution in [-0.2, 0) is 11.8 Å². The fourth-order valence-electron chi connectivity index (χ4n) is 1.80. The maximum absolute atomic E-state index is 11.9. The molecule has 0 aliphatic heterocycles. The third kappa shape index (κ3) is 2.49. The maximum Gasteiger partial charge on any atom is 0.361 e. The number of ether oxygens (including phenoxy) is 1. The van der Waals surface area contributed by atoms with Crippen molar-refractivity contribution in [1.29, 1.82) is 0 Å². The summed E-state index contributed by atoms with van der Waals surface area (Å²) in [5.41, 5.74) is 1.66. The van der Waals surface area contributed by atoms with Crippen molar-refractivity contribution in [3.8, 4) is 11.3 Å². The fraction of sp³-hybridized carbons (Fsp3) is 0.500. The Labute approximate surface area is 111 Å². The van der Waals surface area contributed by atoms with Gasteiger partial charge < -0.3 is 4.74 Å². The van der Waals surface area contributed by atoms with Gasteiger partial charge in [0.2, 0.25) is 0 Å². The number of nitrogens with zero attached hydrogens (tertiary/aromatic N) is 5. The number of aryl methyl sites for hydroxylation is 1. The molecule has 19 heavy (non-hydrogen) atoms. The van der Waals surface area contributed by atoms with Gasteiger partial charge in [-0.1, -0.05) is 5.21 Å². The lowest BCUT2D eigenvalue weighted by Crippen LogP contribution is -2.09. The molecule has 0 radical (unpaired) electrons. The Kier molecular flexibility index (Phi) is 3.64. The highest BCUT2D eigenvalue weighted by molar-refractivity contribution is 5.93. The van der Waals surface area contributed by atoms with Crippen LogP contribution in [0.25, 0.3) is 11.3 Å². The van der Waals surface area contributed by atoms with Gasteiger partial charge in [-0.2, -0.15) is 5.10 Å². The summed E-state index contributed by atoms with van der Waals surface area (Å²) in [5.74, 6) is -0.465. The number of carbonyl (C=O) groups excluding carboxylic acids is 1. The predicted octanol–water partition coefficient (Wildman–Crippen LogP) is 1.44. The van der Waals surface area contributed by atoms with E-state index in [0.29, 0.717) is 12.3 Å². The summed E-state index contributed by atoms with van der Waals surface area (Å²) in [6.45, 7) is 6.02. The molecule has 2 aromatic heterocycles. The molecule has 0 unspecified atom stereocenters. The van der Waals surface area contributed by atoms with E-state index in [1.807, 2.05) is 27.1 Å². The van der Waals surface area contributed by atoms with Gasteiger partial charge in [-0.25, -0.2) is 9.48 Å². The molecule has 7 nitrogen and oxygen atoms in total. The number of aromatic nitrogens is 5. The normalized spacial score (nSPS) is 11.0. The van der Waals surface area contributed by atoms with Crippen LogP contribution in [-0.4, -0.2) is 37.4 Å². The van der Waals surface area contributed by atoms with E-state index in [4.69, 9.17) is 4.74 Å². The molecule has 7 heteroatoms. The molecule has 0 aromatic carbocycles. The Morgan fingerprint density at radius 1 is 1.47 bits per heavy atom. The second kappa shape index (κ2) is 5.21. The van der Waals surface area contributed by atoms with Crippen molar-refractivity contribution in [1.82, 2.24) is 24.8 Å². The van der Waals surface area contributed by atoms with Gasteiger partial charge in [0.25, 0.3) is 0 Å². The van der Waals surface area contributed by atoms with Crippen molar-refractivity contribution in [2.24, 2.45) is 7.05 Å². The van der Waals surface area contributed by atoms with E-state index in [0.717, 1.165) is 5.56 Å². The first kappa shape index (κ1) is 13.3. The maximum atomic E-state index is 11.9. The third-order valence-corrected chi connectivity index (χ3v) is 2.63. The summed E-state index contributed by atoms with van der Waals surface area (Å²) in [4.78, 5) is 11.9. The first-order valence-electron chi connectivity index (χ1n) is 6.16. The van der Waals surface area contributed by atoms with Crippen molar-refractivity contribution in [2.45, 2.75) is 26.8 Å². The number of esters is 1. The van der Waals surface area contributed by atoms with E-state index in [2.05, 4.69) is 15.4 Å². The second-order valence-electron chi connectivity index (χ2n) is 4.45. The van der Waals surface area contributed by atoms with Crippen molar-refractivity contribution in [3.63, 3.8) is 0 Å². The molecular weight excluding hydrogens is 246 g/mol. The Bertz CT molecular complexity index is 585. The highest BCUT2D eigenvalue weighted by Crippen LogP contribution is 2.24. The smallest absolute Gasteiger partial charge is 0.361 e. The molecule has 2 aromatic rings. The van der Waals surface area contributed by atoms with Gasteiger partial charge in [0.1, 0.15) is 5.69 Å². The third-order valence-electron chi connectivity index (χ3n) is 2.63. The van der Waals surface area contributed by atoms with Crippen LogP contribution >= 0.6 is 0 Å². The molecule has 0 aliphatic carbocycles. The van der Waals surface area contributed by atoms with E-state index in [1.165, 1.54) is 0 Å². The first-order chi connectivity index (χ1) is 9.04. The lowest BCUT2D eigenvalue weighted by Gasteiger charge is -2.09. The molecule has 0 atom stereocenters. The van der Waals surface area contributed by atoms with E-state index in [1.54, 1.807) is 22.5 Å². The highest BCUT2D eigenvalue weighted by Gasteiger charge is 2.24. The van der Waals surface area contributed by atoms with Crippen LogP contribution in [0.5, 0.6) is 0 Å². The second-order valence-corrected chi connectivity index (χ2v) is 4.45. The fourth-order valence-corrected chi connectivity index (χ4v) is 1.80. The number of hydrogen-bond acceptors (Lipinski definition) is 5. The van der Waals surface area contributed by atoms with Gasteiger partial charge in [0.05, 0.1) is 12.8 Å². The summed E-state index contributed by atoms with van der Waals surface area (Å²) in [5, 5.41) is 12.1. The average molecular weight is 263 g/mol. The Morgan fingerprint density at radius 3 is 2.74 bits per heavy atom. The zero-order chi connectivity index (χ0) is 14.0. The molecule has 0 N–H and O–H groups in total. The largest absolute Gasteiger partial charge is 0.461 e. The summed E-state index contributed by atoms with van der Waals surface area (Å²) in [6.07, 6.45) is 3.50. The summed E-state index contributed by atoms with van der Waals surface area (Å²) in [6, 6.07) is 0.0888. The Balaban J connectivity index is 2.54. The van der Waals surface area contributed by atoms with Crippen molar-refractivity contribution >= 4 is 5.97 Å². The van der Waals surface area contributed by atoms with Crippen LogP contribution in [0.1, 0.15) is 37.3 Å². The van der Waals surface area contributed by atoms with Crippen molar-refractivity contribution in [3.05, 3.63) is 18.1 Å². The molecule has 0 fully saturated rings. The minimum atomic E-state index is -0.465. The monoisotopic (exact) mass is 263 g/mol. The summed E-state index contributed by atoms with van der Waals surface area (Å²) < 4.78 is 8.37. The number of rotatable bonds is 4. The predicted molar refractivity (Wildman–Crippen MR) is 68.6 cm³/mol. The molecule has 0 spiro atoms. The topological polar surface area (TPSA) is 74.8 Å². The molecule has 102 valence electrons. The number of hydrogen-bond donors (Lipinski definition) is 0. The van der Waals surface area contributed by atoms with E-state index < -0.39 is 5.97 Å². The zero-order valence-corrected chi connectivity index (χ0v) is 11.5. The van der Waals surface area contributed by atoms with Gasteiger partial charge in [0.15, 0.2) is 5.69 Å². The van der Waals surface area contributed by atoms with Gasteiger partial charge >= 0.3 is 5.97 Å². The van der Waals surface area contributed by atoms with Crippen molar-refractivity contribution < 1.29 is 9.53 Å². The molecule has 2 heterocycles. The molecule has 2 rings (SSSR count). The molecular formula is C12H17N5O2. The lowest BCUT2D eigenvalue weighted by molar-refractivity contribution is 0.0520. The van der Waals surface area contributed by atoms with Crippen LogP contribution < -0.4 is 0 Å². The standard InChI is InChI=1S/C12H17N5O2/c1-5-19-12(18)10-11(9-6-13-16(4)7-9)17(8(2)3)15-14-10/h6-8H,5H2,1-4H3. The molecule has 0 aliphatic rings. The van der Waals surface area contributed by atoms with Gasteiger partial charge in [0, 0.05) is 24.8 Å². The molecule has 0 saturated heterocycles. The SMILES string of the molecule is CCOC(=O)c1nnn(C(C)C)c1-c1cnn(C)c1. The minimum absolute atomic E-state index is 0.0888. The van der Waals surface area contributed by atoms with Crippen molar-refractivity contribution in [2.75, 3.05) is 6.61 Å². The average Bonchev–Trinajstić information content (AvgIpc) is 2.94. The Hall–Kier alpha value is -2.18. The van der Waals surface area contributed by atoms with Crippen LogP contribution in [0.4, 0.5) is 0 Å². The van der Waals surface area contributed by atoms with E-state index in [-0.39, 0.29) is 11.7 Å². The molecule has 0 saturated carbocycles. The van der Waals surface area contributed by atoms with Crippen LogP contribution in [0.2, 0.25) is 0 Å². The number of carbonyl (C=O) groups is 1. The van der Waals surface area contributed by atoms with Crippen LogP contribution in [0, 0.1) is 0 Å². The molecule has 0 bridgehead atoms. The quantitative estimate of drug-likeness (QED) is 0.780. The Morgan fingerprint density at radius 2 is 2.21 bits per heavy atom. The van der Waals surface area contributed by atoms with Gasteiger partial charge in [-0.05, 0) is 20.8 Å². The minimum Gasteiger partial charge on any atom is -0.461 e. The van der Waals surface area contributed by atoms with E-state index in [9.17, 15) is 4.79 Å². The first-order valence-corrected chi connectivity index (χ1v) is 6.16. The summed E-state index contributed by atoms with van der Waals surface area (Å²) in [7, 11) is 1.82. The van der Waals surface area contributed by atoms with Gasteiger partial charge in [-0.15, -0.1) is 5.10 Å². The zero-order valence-electron chi connectivity index (χ0n) is 11.5. The van der Waals surface area contributed by atoms with E-state index >= 15 is 0 Å². The van der Waals surface area contributed by atoms with Gasteiger partial charge in [-0.3, -0.25) is 4.68 Å². The van der Waals surface area contributed by atoms with Crippen LogP contribution in [0.3, 0.4) is 0 Å². The summed E-state index contributed by atoms with van der Waals surface area (Å²) >= 11 is 0.